The second-order valence-electron chi connectivity index (χ2n) is 24.6. The molecule has 0 atom stereocenters. The molecule has 14 aromatic carbocycles. The first kappa shape index (κ1) is 54.1. The van der Waals surface area contributed by atoms with Crippen LogP contribution in [0, 0.1) is 11.3 Å². The Morgan fingerprint density at radius 3 is 0.989 bits per heavy atom. The van der Waals surface area contributed by atoms with Crippen LogP contribution >= 0.6 is 0 Å². The van der Waals surface area contributed by atoms with Crippen molar-refractivity contribution in [3.63, 3.8) is 0 Å². The average Bonchev–Trinajstić information content (AvgIpc) is 1.25. The standard InChI is InChI=1S/C88H60N4/c1-88(2)75-42-24-25-43-80(75)90(68-39-22-9-23-40-68)81-44-26-41-69(85(81)88)84-82(62-35-18-7-19-36-62)86(91-76-49-45-64(58-27-10-3-11-28-58)53-70(76)71-54-65(46-50-77(71)91)59-29-12-4-13-30-59)74(57-89)87(83(84)63-37-20-8-21-38-63)92-78-51-47-66(60-31-14-5-15-32-60)55-72(78)73-56-67(48-52-79(73)92)61-33-16-6-17-34-61/h3-56H,1-2H3. The summed E-state index contributed by atoms with van der Waals surface area (Å²) in [7, 11) is 0. The van der Waals surface area contributed by atoms with E-state index in [9.17, 15) is 5.26 Å². The zero-order chi connectivity index (χ0) is 61.4. The Balaban J connectivity index is 1.11. The zero-order valence-corrected chi connectivity index (χ0v) is 51.0. The van der Waals surface area contributed by atoms with E-state index >= 15 is 0 Å². The second kappa shape index (κ2) is 21.9. The molecule has 0 saturated heterocycles. The van der Waals surface area contributed by atoms with E-state index < -0.39 is 5.41 Å². The van der Waals surface area contributed by atoms with Crippen molar-refractivity contribution in [1.82, 2.24) is 9.13 Å². The summed E-state index contributed by atoms with van der Waals surface area (Å²) in [5, 5.41) is 17.5. The van der Waals surface area contributed by atoms with Crippen molar-refractivity contribution in [1.29, 1.82) is 5.26 Å². The van der Waals surface area contributed by atoms with Gasteiger partial charge in [0.2, 0.25) is 0 Å². The van der Waals surface area contributed by atoms with Crippen molar-refractivity contribution >= 4 is 60.7 Å². The summed E-state index contributed by atoms with van der Waals surface area (Å²) in [5.74, 6) is 0. The molecule has 432 valence electrons. The van der Waals surface area contributed by atoms with E-state index in [0.717, 1.165) is 150 Å². The number of hydrogen-bond acceptors (Lipinski definition) is 2. The molecule has 0 radical (unpaired) electrons. The Kier molecular flexibility index (Phi) is 12.9. The summed E-state index contributed by atoms with van der Waals surface area (Å²) < 4.78 is 4.88. The lowest BCUT2D eigenvalue weighted by Crippen LogP contribution is -2.31. The Hall–Kier alpha value is -12.0. The van der Waals surface area contributed by atoms with E-state index in [1.807, 2.05) is 0 Å². The molecular formula is C88H60N4. The van der Waals surface area contributed by atoms with Crippen LogP contribution in [0.15, 0.2) is 328 Å². The molecule has 0 saturated carbocycles. The van der Waals surface area contributed by atoms with Gasteiger partial charge >= 0.3 is 0 Å². The van der Waals surface area contributed by atoms with Crippen molar-refractivity contribution in [2.75, 3.05) is 4.90 Å². The topological polar surface area (TPSA) is 36.9 Å². The molecule has 16 aromatic rings. The average molecular weight is 1170 g/mol. The maximum atomic E-state index is 13.1. The highest BCUT2D eigenvalue weighted by Gasteiger charge is 2.41. The number of hydrogen-bond donors (Lipinski definition) is 0. The lowest BCUT2D eigenvalue weighted by atomic mass is 9.69. The quantitative estimate of drug-likeness (QED) is 0.137. The van der Waals surface area contributed by atoms with Crippen molar-refractivity contribution in [2.24, 2.45) is 0 Å². The van der Waals surface area contributed by atoms with Crippen molar-refractivity contribution < 1.29 is 0 Å². The molecular weight excluding hydrogens is 1110 g/mol. The first-order valence-electron chi connectivity index (χ1n) is 31.6. The number of aromatic nitrogens is 2. The van der Waals surface area contributed by atoms with Crippen LogP contribution in [0.25, 0.3) is 133 Å². The summed E-state index contributed by atoms with van der Waals surface area (Å²) in [6.45, 7) is 4.80. The van der Waals surface area contributed by atoms with Crippen LogP contribution in [0.4, 0.5) is 17.1 Å². The fourth-order valence-electron chi connectivity index (χ4n) is 15.0. The Morgan fingerprint density at radius 2 is 0.620 bits per heavy atom. The summed E-state index contributed by atoms with van der Waals surface area (Å²) in [6, 6.07) is 122. The molecule has 92 heavy (non-hydrogen) atoms. The highest BCUT2D eigenvalue weighted by molar-refractivity contribution is 6.17. The summed E-state index contributed by atoms with van der Waals surface area (Å²) in [4.78, 5) is 2.46. The molecule has 0 amide bonds. The van der Waals surface area contributed by atoms with Gasteiger partial charge in [0.25, 0.3) is 0 Å². The largest absolute Gasteiger partial charge is 0.310 e. The van der Waals surface area contributed by atoms with Crippen molar-refractivity contribution in [2.45, 2.75) is 19.3 Å². The van der Waals surface area contributed by atoms with Crippen LogP contribution in [0.2, 0.25) is 0 Å². The van der Waals surface area contributed by atoms with Crippen molar-refractivity contribution in [3.8, 4) is 95.3 Å². The van der Waals surface area contributed by atoms with Crippen LogP contribution in [-0.4, -0.2) is 9.13 Å². The van der Waals surface area contributed by atoms with Gasteiger partial charge in [-0.2, -0.15) is 5.26 Å². The smallest absolute Gasteiger partial charge is 0.104 e. The predicted octanol–water partition coefficient (Wildman–Crippen LogP) is 23.5. The predicted molar refractivity (Wildman–Crippen MR) is 385 cm³/mol. The summed E-state index contributed by atoms with van der Waals surface area (Å²) in [6.07, 6.45) is 0. The molecule has 0 unspecified atom stereocenters. The molecule has 1 aliphatic rings. The number of anilines is 3. The van der Waals surface area contributed by atoms with Gasteiger partial charge in [-0.15, -0.1) is 0 Å². The van der Waals surface area contributed by atoms with E-state index in [1.54, 1.807) is 0 Å². The van der Waals surface area contributed by atoms with Gasteiger partial charge in [0.15, 0.2) is 0 Å². The minimum Gasteiger partial charge on any atom is -0.310 e. The second-order valence-corrected chi connectivity index (χ2v) is 24.6. The van der Waals surface area contributed by atoms with Crippen LogP contribution in [0.5, 0.6) is 0 Å². The van der Waals surface area contributed by atoms with E-state index in [0.29, 0.717) is 5.56 Å². The van der Waals surface area contributed by atoms with E-state index in [-0.39, 0.29) is 0 Å². The lowest BCUT2D eigenvalue weighted by molar-refractivity contribution is 0.634. The van der Waals surface area contributed by atoms with Gasteiger partial charge < -0.3 is 14.0 Å². The highest BCUT2D eigenvalue weighted by Crippen LogP contribution is 2.59. The molecule has 0 fully saturated rings. The Labute approximate surface area is 535 Å². The summed E-state index contributed by atoms with van der Waals surface area (Å²) in [5.41, 5.74) is 26.2. The Morgan fingerprint density at radius 1 is 0.293 bits per heavy atom. The maximum absolute atomic E-state index is 13.1. The van der Waals surface area contributed by atoms with Gasteiger partial charge in [-0.1, -0.05) is 269 Å². The monoisotopic (exact) mass is 1170 g/mol. The minimum absolute atomic E-state index is 0.544. The maximum Gasteiger partial charge on any atom is 0.104 e. The molecule has 4 heteroatoms. The molecule has 3 heterocycles. The number of nitriles is 1. The van der Waals surface area contributed by atoms with Crippen LogP contribution in [0.1, 0.15) is 30.5 Å². The van der Waals surface area contributed by atoms with E-state index in [2.05, 4.69) is 362 Å². The lowest BCUT2D eigenvalue weighted by Gasteiger charge is -2.43. The molecule has 4 nitrogen and oxygen atoms in total. The van der Waals surface area contributed by atoms with Gasteiger partial charge in [-0.3, -0.25) is 0 Å². The first-order valence-corrected chi connectivity index (χ1v) is 31.6. The van der Waals surface area contributed by atoms with Gasteiger partial charge in [0, 0.05) is 49.3 Å². The molecule has 0 bridgehead atoms. The molecule has 0 N–H and O–H groups in total. The number of rotatable bonds is 10. The third-order valence-electron chi connectivity index (χ3n) is 19.1. The minimum atomic E-state index is -0.549. The number of para-hydroxylation sites is 2. The van der Waals surface area contributed by atoms with Gasteiger partial charge in [0.1, 0.15) is 11.6 Å². The zero-order valence-electron chi connectivity index (χ0n) is 51.0. The molecule has 1 aliphatic heterocycles. The van der Waals surface area contributed by atoms with Gasteiger partial charge in [-0.05, 0) is 145 Å². The van der Waals surface area contributed by atoms with Gasteiger partial charge in [-0.25, -0.2) is 0 Å². The fraction of sp³-hybridized carbons (Fsp3) is 0.0341. The molecule has 0 aliphatic carbocycles. The van der Waals surface area contributed by atoms with E-state index in [1.165, 1.54) is 11.1 Å². The van der Waals surface area contributed by atoms with E-state index in [4.69, 9.17) is 0 Å². The van der Waals surface area contributed by atoms with Crippen molar-refractivity contribution in [3.05, 3.63) is 344 Å². The number of nitrogens with zero attached hydrogens (tertiary/aromatic N) is 4. The Bertz CT molecular complexity index is 5110. The van der Waals surface area contributed by atoms with Crippen LogP contribution < -0.4 is 4.90 Å². The fourth-order valence-corrected chi connectivity index (χ4v) is 15.0. The third-order valence-corrected chi connectivity index (χ3v) is 19.1. The summed E-state index contributed by atoms with van der Waals surface area (Å²) >= 11 is 0. The first-order chi connectivity index (χ1) is 45.4. The van der Waals surface area contributed by atoms with Crippen LogP contribution in [0.3, 0.4) is 0 Å². The molecule has 2 aromatic heterocycles. The molecule has 0 spiro atoms. The number of fused-ring (bicyclic) bond motifs is 8. The SMILES string of the molecule is CC1(C)c2ccccc2N(c2ccccc2)c2cccc(-c3c(-c4ccccc4)c(-n4c5ccc(-c6ccccc6)cc5c5cc(-c6ccccc6)ccc54)c(C#N)c(-n4c5ccc(-c6ccccc6)cc5c5cc(-c6ccccc6)ccc54)c3-c3ccccc3)c21. The normalized spacial score (nSPS) is 12.5. The number of benzene rings is 14. The third kappa shape index (κ3) is 8.66. The van der Waals surface area contributed by atoms with Crippen LogP contribution in [-0.2, 0) is 5.41 Å². The molecule has 17 rings (SSSR count). The highest BCUT2D eigenvalue weighted by atomic mass is 15.2. The van der Waals surface area contributed by atoms with Gasteiger partial charge in [0.05, 0.1) is 44.8 Å².